The molecule has 1 nitrogen and oxygen atoms in total. The number of rotatable bonds is 4. The van der Waals surface area contributed by atoms with Crippen molar-refractivity contribution in [2.24, 2.45) is 5.92 Å². The molecule has 0 bridgehead atoms. The summed E-state index contributed by atoms with van der Waals surface area (Å²) in [5, 5.41) is 0. The molecule has 1 rings (SSSR count). The summed E-state index contributed by atoms with van der Waals surface area (Å²) in [4.78, 5) is 11.4. The van der Waals surface area contributed by atoms with Crippen molar-refractivity contribution in [2.45, 2.75) is 40.0 Å². The maximum Gasteiger partial charge on any atom is 0.136 e. The highest BCUT2D eigenvalue weighted by Crippen LogP contribution is 2.22. The van der Waals surface area contributed by atoms with Gasteiger partial charge in [0.05, 0.1) is 0 Å². The van der Waals surface area contributed by atoms with Crippen LogP contribution in [0.3, 0.4) is 0 Å². The van der Waals surface area contributed by atoms with Gasteiger partial charge in [-0.05, 0) is 30.4 Å². The van der Waals surface area contributed by atoms with Crippen LogP contribution in [-0.4, -0.2) is 5.78 Å². The Balaban J connectivity index is 3.00. The number of carbonyl (C=O) groups is 1. The first-order valence-corrected chi connectivity index (χ1v) is 5.60. The number of carbonyl (C=O) groups excluding carboxylic acids is 1. The lowest BCUT2D eigenvalue weighted by Gasteiger charge is -2.15. The zero-order valence-electron chi connectivity index (χ0n) is 10.1. The van der Waals surface area contributed by atoms with Gasteiger partial charge in [0.25, 0.3) is 0 Å². The summed E-state index contributed by atoms with van der Waals surface area (Å²) >= 11 is 0. The molecular weight excluding hydrogens is 184 g/mol. The van der Waals surface area contributed by atoms with Crippen molar-refractivity contribution in [1.29, 1.82) is 0 Å². The van der Waals surface area contributed by atoms with E-state index in [2.05, 4.69) is 26.0 Å². The lowest BCUT2D eigenvalue weighted by Crippen LogP contribution is -2.08. The van der Waals surface area contributed by atoms with Gasteiger partial charge < -0.3 is 0 Å². The summed E-state index contributed by atoms with van der Waals surface area (Å²) in [6.45, 7) is 8.06. The topological polar surface area (TPSA) is 17.1 Å². The van der Waals surface area contributed by atoms with Gasteiger partial charge in [0.2, 0.25) is 0 Å². The van der Waals surface area contributed by atoms with E-state index in [0.29, 0.717) is 5.92 Å². The summed E-state index contributed by atoms with van der Waals surface area (Å²) in [5.74, 6) is 0.900. The third kappa shape index (κ3) is 3.19. The second kappa shape index (κ2) is 5.11. The summed E-state index contributed by atoms with van der Waals surface area (Å²) in [7, 11) is 0. The summed E-state index contributed by atoms with van der Waals surface area (Å²) < 4.78 is 0. The van der Waals surface area contributed by atoms with Gasteiger partial charge in [0.1, 0.15) is 5.78 Å². The lowest BCUT2D eigenvalue weighted by atomic mass is 9.89. The monoisotopic (exact) mass is 204 g/mol. The molecule has 0 saturated heterocycles. The second-order valence-electron chi connectivity index (χ2n) is 4.63. The SMILES string of the molecule is CC(=O)C(C)c1ccccc1CC(C)C. The molecule has 0 N–H and O–H groups in total. The van der Waals surface area contributed by atoms with E-state index in [-0.39, 0.29) is 11.7 Å². The Hall–Kier alpha value is -1.11. The molecule has 0 amide bonds. The van der Waals surface area contributed by atoms with Gasteiger partial charge in [-0.1, -0.05) is 45.0 Å². The van der Waals surface area contributed by atoms with Crippen LogP contribution in [0.1, 0.15) is 44.7 Å². The van der Waals surface area contributed by atoms with Crippen molar-refractivity contribution in [2.75, 3.05) is 0 Å². The maximum atomic E-state index is 11.4. The number of ketones is 1. The van der Waals surface area contributed by atoms with E-state index < -0.39 is 0 Å². The first-order chi connectivity index (χ1) is 7.02. The van der Waals surface area contributed by atoms with E-state index in [0.717, 1.165) is 6.42 Å². The normalized spacial score (nSPS) is 12.9. The Morgan fingerprint density at radius 3 is 2.33 bits per heavy atom. The van der Waals surface area contributed by atoms with Crippen LogP contribution < -0.4 is 0 Å². The van der Waals surface area contributed by atoms with Crippen molar-refractivity contribution in [3.63, 3.8) is 0 Å². The fraction of sp³-hybridized carbons (Fsp3) is 0.500. The van der Waals surface area contributed by atoms with E-state index in [1.165, 1.54) is 11.1 Å². The molecule has 0 spiro atoms. The Labute approximate surface area is 92.5 Å². The molecule has 0 aliphatic rings. The van der Waals surface area contributed by atoms with Crippen molar-refractivity contribution in [3.8, 4) is 0 Å². The minimum Gasteiger partial charge on any atom is -0.299 e. The molecule has 0 saturated carbocycles. The minimum absolute atomic E-state index is 0.0277. The predicted octanol–water partition coefficient (Wildman–Crippen LogP) is 3.58. The lowest BCUT2D eigenvalue weighted by molar-refractivity contribution is -0.118. The van der Waals surface area contributed by atoms with Gasteiger partial charge in [0.15, 0.2) is 0 Å². The summed E-state index contributed by atoms with van der Waals surface area (Å²) in [6.07, 6.45) is 1.05. The van der Waals surface area contributed by atoms with Crippen molar-refractivity contribution < 1.29 is 4.79 Å². The van der Waals surface area contributed by atoms with Crippen LogP contribution in [0.25, 0.3) is 0 Å². The molecule has 0 radical (unpaired) electrons. The molecule has 1 heteroatoms. The predicted molar refractivity (Wildman–Crippen MR) is 64.1 cm³/mol. The van der Waals surface area contributed by atoms with Crippen molar-refractivity contribution in [3.05, 3.63) is 35.4 Å². The zero-order valence-corrected chi connectivity index (χ0v) is 10.1. The van der Waals surface area contributed by atoms with Crippen LogP contribution in [0, 0.1) is 5.92 Å². The fourth-order valence-electron chi connectivity index (χ4n) is 1.80. The molecule has 0 aliphatic heterocycles. The van der Waals surface area contributed by atoms with Crippen molar-refractivity contribution in [1.82, 2.24) is 0 Å². The highest BCUT2D eigenvalue weighted by atomic mass is 16.1. The van der Waals surface area contributed by atoms with E-state index in [9.17, 15) is 4.79 Å². The standard InChI is InChI=1S/C14H20O/c1-10(2)9-13-7-5-6-8-14(13)11(3)12(4)15/h5-8,10-11H,9H2,1-4H3. The first-order valence-electron chi connectivity index (χ1n) is 5.60. The van der Waals surface area contributed by atoms with Crippen LogP contribution in [0.15, 0.2) is 24.3 Å². The molecule has 0 aliphatic carbocycles. The van der Waals surface area contributed by atoms with Gasteiger partial charge in [-0.25, -0.2) is 0 Å². The largest absolute Gasteiger partial charge is 0.299 e. The van der Waals surface area contributed by atoms with E-state index >= 15 is 0 Å². The molecule has 1 aromatic rings. The van der Waals surface area contributed by atoms with Crippen LogP contribution in [0.4, 0.5) is 0 Å². The molecule has 15 heavy (non-hydrogen) atoms. The quantitative estimate of drug-likeness (QED) is 0.732. The Morgan fingerprint density at radius 1 is 1.20 bits per heavy atom. The summed E-state index contributed by atoms with van der Waals surface area (Å²) in [5.41, 5.74) is 2.51. The van der Waals surface area contributed by atoms with E-state index in [1.54, 1.807) is 6.92 Å². The molecule has 1 atom stereocenters. The zero-order chi connectivity index (χ0) is 11.4. The minimum atomic E-state index is 0.0277. The number of hydrogen-bond acceptors (Lipinski definition) is 1. The molecule has 0 aromatic heterocycles. The van der Waals surface area contributed by atoms with Crippen LogP contribution in [0.5, 0.6) is 0 Å². The molecule has 0 fully saturated rings. The van der Waals surface area contributed by atoms with Crippen LogP contribution in [-0.2, 0) is 11.2 Å². The van der Waals surface area contributed by atoms with Crippen LogP contribution >= 0.6 is 0 Å². The molecule has 0 heterocycles. The second-order valence-corrected chi connectivity index (χ2v) is 4.63. The fourth-order valence-corrected chi connectivity index (χ4v) is 1.80. The smallest absolute Gasteiger partial charge is 0.136 e. The van der Waals surface area contributed by atoms with Gasteiger partial charge in [0, 0.05) is 5.92 Å². The number of hydrogen-bond donors (Lipinski definition) is 0. The van der Waals surface area contributed by atoms with E-state index in [4.69, 9.17) is 0 Å². The molecule has 1 aromatic carbocycles. The highest BCUT2D eigenvalue weighted by molar-refractivity contribution is 5.83. The third-order valence-electron chi connectivity index (χ3n) is 2.76. The summed E-state index contributed by atoms with van der Waals surface area (Å²) in [6, 6.07) is 8.27. The number of benzene rings is 1. The third-order valence-corrected chi connectivity index (χ3v) is 2.76. The first kappa shape index (κ1) is 12.0. The Kier molecular flexibility index (Phi) is 4.07. The van der Waals surface area contributed by atoms with Crippen molar-refractivity contribution >= 4 is 5.78 Å². The van der Waals surface area contributed by atoms with Crippen LogP contribution in [0.2, 0.25) is 0 Å². The molecule has 82 valence electrons. The number of Topliss-reactive ketones (excluding diaryl/α,β-unsaturated/α-hetero) is 1. The molecule has 1 unspecified atom stereocenters. The van der Waals surface area contributed by atoms with Gasteiger partial charge in [-0.15, -0.1) is 0 Å². The van der Waals surface area contributed by atoms with Gasteiger partial charge in [-0.2, -0.15) is 0 Å². The molecular formula is C14H20O. The maximum absolute atomic E-state index is 11.4. The Bertz CT molecular complexity index is 339. The highest BCUT2D eigenvalue weighted by Gasteiger charge is 2.14. The average Bonchev–Trinajstić information content (AvgIpc) is 2.16. The van der Waals surface area contributed by atoms with E-state index in [1.807, 2.05) is 19.1 Å². The van der Waals surface area contributed by atoms with Gasteiger partial charge in [-0.3, -0.25) is 4.79 Å². The Morgan fingerprint density at radius 2 is 1.80 bits per heavy atom. The average molecular weight is 204 g/mol. The van der Waals surface area contributed by atoms with Gasteiger partial charge >= 0.3 is 0 Å².